The third kappa shape index (κ3) is 3.47. The highest BCUT2D eigenvalue weighted by Gasteiger charge is 2.26. The monoisotopic (exact) mass is 378 g/mol. The fraction of sp³-hybridized carbons (Fsp3) is 0.412. The second kappa shape index (κ2) is 7.16. The largest absolute Gasteiger partial charge is 0.394 e. The van der Waals surface area contributed by atoms with E-state index in [1.54, 1.807) is 12.1 Å². The summed E-state index contributed by atoms with van der Waals surface area (Å²) in [7, 11) is 0. The second-order valence-electron chi connectivity index (χ2n) is 6.18. The molecule has 0 saturated carbocycles. The maximum atomic E-state index is 12.7. The Morgan fingerprint density at radius 3 is 2.33 bits per heavy atom. The molecule has 27 heavy (non-hydrogen) atoms. The Morgan fingerprint density at radius 2 is 1.74 bits per heavy atom. The van der Waals surface area contributed by atoms with Crippen LogP contribution in [0, 0.1) is 13.8 Å². The van der Waals surface area contributed by atoms with Gasteiger partial charge in [-0.1, -0.05) is 0 Å². The summed E-state index contributed by atoms with van der Waals surface area (Å²) >= 11 is 0. The van der Waals surface area contributed by atoms with Gasteiger partial charge in [0.1, 0.15) is 18.3 Å². The first-order valence-electron chi connectivity index (χ1n) is 9.42. The van der Waals surface area contributed by atoms with E-state index < -0.39 is 42.7 Å². The Kier molecular flexibility index (Phi) is 4.38. The van der Waals surface area contributed by atoms with Gasteiger partial charge in [-0.2, -0.15) is 0 Å². The van der Waals surface area contributed by atoms with Gasteiger partial charge in [0.2, 0.25) is 0 Å². The molecule has 2 heterocycles. The number of hydrogen-bond acceptors (Lipinski definition) is 8. The number of rotatable bonds is 5. The van der Waals surface area contributed by atoms with E-state index in [1.165, 1.54) is 0 Å². The number of aromatic nitrogens is 4. The number of aliphatic hydroxyl groups excluding tert-OH is 4. The molecule has 0 spiro atoms. The van der Waals surface area contributed by atoms with E-state index in [0.29, 0.717) is 26.7 Å². The Bertz CT molecular complexity index is 1160. The zero-order valence-corrected chi connectivity index (χ0v) is 14.2. The summed E-state index contributed by atoms with van der Waals surface area (Å²) in [5, 5.41) is 38.0. The average molecular weight is 378 g/mol. The van der Waals surface area contributed by atoms with E-state index in [0.717, 1.165) is 0 Å². The summed E-state index contributed by atoms with van der Waals surface area (Å²) in [6.07, 6.45) is -5.11. The second-order valence-corrected chi connectivity index (χ2v) is 6.18. The normalized spacial score (nSPS) is 16.1. The number of aryl methyl sites for hydroxylation is 2. The first kappa shape index (κ1) is 16.5. The number of fused-ring (bicyclic) bond motifs is 2. The quantitative estimate of drug-likeness (QED) is 0.329. The number of nitrogens with zero attached hydrogens (tertiary/aromatic N) is 3. The van der Waals surface area contributed by atoms with Crippen LogP contribution in [0.15, 0.2) is 21.7 Å². The van der Waals surface area contributed by atoms with E-state index >= 15 is 0 Å². The van der Waals surface area contributed by atoms with E-state index in [9.17, 15) is 24.9 Å². The summed E-state index contributed by atoms with van der Waals surface area (Å²) in [6, 6.07) is 3.14. The van der Waals surface area contributed by atoms with Crippen LogP contribution in [-0.2, 0) is 6.54 Å². The molecule has 0 amide bonds. The molecule has 0 aliphatic heterocycles. The molecule has 144 valence electrons. The van der Waals surface area contributed by atoms with Crippen LogP contribution in [0.4, 0.5) is 0 Å². The van der Waals surface area contributed by atoms with Crippen LogP contribution in [0.3, 0.4) is 0 Å². The summed E-state index contributed by atoms with van der Waals surface area (Å²) in [5.74, 6) is 0. The van der Waals surface area contributed by atoms with Crippen LogP contribution < -0.4 is 11.2 Å². The van der Waals surface area contributed by atoms with E-state index in [1.807, 2.05) is 0 Å². The maximum absolute atomic E-state index is 12.7. The summed E-state index contributed by atoms with van der Waals surface area (Å²) < 4.78 is 15.7. The lowest BCUT2D eigenvalue weighted by atomic mass is 10.1. The highest BCUT2D eigenvalue weighted by Crippen LogP contribution is 2.17. The minimum absolute atomic E-state index is 0.0537. The molecule has 0 unspecified atom stereocenters. The van der Waals surface area contributed by atoms with Crippen molar-refractivity contribution in [2.45, 2.75) is 38.7 Å². The molecule has 1 aromatic carbocycles. The minimum Gasteiger partial charge on any atom is -0.394 e. The van der Waals surface area contributed by atoms with Gasteiger partial charge in [-0.25, -0.2) is 14.8 Å². The first-order valence-corrected chi connectivity index (χ1v) is 8.00. The molecule has 0 aliphatic carbocycles. The zero-order valence-electron chi connectivity index (χ0n) is 16.2. The van der Waals surface area contributed by atoms with Crippen molar-refractivity contribution in [2.24, 2.45) is 0 Å². The standard InChI is InChI=1S/C17H20N4O6/c1-7-3-9-10(4-8(7)2)19-15-13(18-9)16(26)21(17(27)20-15)5-11(23)14(25)12(24)6-22/h3-4,11-12,14,22-25H,5-6H2,1-2H3,(H,19,20,27)/t11-,12+,14-/m0/s1/i1D,2D. The molecule has 10 nitrogen and oxygen atoms in total. The lowest BCUT2D eigenvalue weighted by Crippen LogP contribution is -2.46. The molecule has 2 aromatic heterocycles. The highest BCUT2D eigenvalue weighted by molar-refractivity contribution is 5.84. The van der Waals surface area contributed by atoms with Crippen molar-refractivity contribution >= 4 is 22.2 Å². The molecule has 10 heteroatoms. The smallest absolute Gasteiger partial charge is 0.330 e. The molecular weight excluding hydrogens is 356 g/mol. The number of nitrogens with one attached hydrogen (secondary N) is 1. The average Bonchev–Trinajstić information content (AvgIpc) is 2.73. The van der Waals surface area contributed by atoms with Crippen molar-refractivity contribution < 1.29 is 23.2 Å². The van der Waals surface area contributed by atoms with Gasteiger partial charge in [-0.05, 0) is 37.1 Å². The number of aliphatic hydroxyl groups is 4. The third-order valence-corrected chi connectivity index (χ3v) is 4.25. The van der Waals surface area contributed by atoms with Crippen molar-refractivity contribution in [1.29, 1.82) is 0 Å². The molecule has 3 rings (SSSR count). The van der Waals surface area contributed by atoms with E-state index in [-0.39, 0.29) is 25.0 Å². The molecule has 0 bridgehead atoms. The van der Waals surface area contributed by atoms with Gasteiger partial charge in [0.05, 0.1) is 24.2 Å². The number of aromatic amines is 1. The van der Waals surface area contributed by atoms with E-state index in [4.69, 9.17) is 7.85 Å². The number of H-pyrrole nitrogens is 1. The van der Waals surface area contributed by atoms with Gasteiger partial charge in [0, 0.05) is 2.74 Å². The highest BCUT2D eigenvalue weighted by atomic mass is 16.4. The summed E-state index contributed by atoms with van der Waals surface area (Å²) in [5.41, 5.74) is -0.196. The van der Waals surface area contributed by atoms with Gasteiger partial charge < -0.3 is 20.4 Å². The van der Waals surface area contributed by atoms with Crippen LogP contribution in [0.5, 0.6) is 0 Å². The summed E-state index contributed by atoms with van der Waals surface area (Å²) in [6.45, 7) is -1.58. The molecule has 3 atom stereocenters. The predicted octanol–water partition coefficient (Wildman–Crippen LogP) is -1.68. The molecule has 5 N–H and O–H groups in total. The Morgan fingerprint density at radius 1 is 1.11 bits per heavy atom. The van der Waals surface area contributed by atoms with Crippen molar-refractivity contribution in [2.75, 3.05) is 6.61 Å². The molecule has 0 fully saturated rings. The van der Waals surface area contributed by atoms with Gasteiger partial charge in [0.25, 0.3) is 5.56 Å². The van der Waals surface area contributed by atoms with Gasteiger partial charge >= 0.3 is 5.69 Å². The van der Waals surface area contributed by atoms with Crippen molar-refractivity contribution in [3.8, 4) is 0 Å². The molecule has 0 radical (unpaired) electrons. The van der Waals surface area contributed by atoms with Crippen LogP contribution in [0.1, 0.15) is 13.9 Å². The zero-order chi connectivity index (χ0) is 21.3. The van der Waals surface area contributed by atoms with Crippen LogP contribution >= 0.6 is 0 Å². The van der Waals surface area contributed by atoms with Crippen LogP contribution in [0.2, 0.25) is 0 Å². The van der Waals surface area contributed by atoms with Crippen molar-refractivity contribution in [3.63, 3.8) is 0 Å². The topological polar surface area (TPSA) is 162 Å². The van der Waals surface area contributed by atoms with Crippen molar-refractivity contribution in [3.05, 3.63) is 44.1 Å². The Labute approximate surface area is 155 Å². The lowest BCUT2D eigenvalue weighted by Gasteiger charge is -2.21. The predicted molar refractivity (Wildman–Crippen MR) is 96.5 cm³/mol. The van der Waals surface area contributed by atoms with E-state index in [2.05, 4.69) is 15.0 Å². The van der Waals surface area contributed by atoms with Gasteiger partial charge in [-0.3, -0.25) is 14.3 Å². The number of hydrogen-bond donors (Lipinski definition) is 5. The Balaban J connectivity index is 2.13. The maximum Gasteiger partial charge on any atom is 0.330 e. The van der Waals surface area contributed by atoms with Gasteiger partial charge in [-0.15, -0.1) is 0 Å². The Hall–Kier alpha value is -2.66. The molecule has 0 aliphatic rings. The van der Waals surface area contributed by atoms with Gasteiger partial charge in [0.15, 0.2) is 11.2 Å². The third-order valence-electron chi connectivity index (χ3n) is 4.25. The summed E-state index contributed by atoms with van der Waals surface area (Å²) in [4.78, 5) is 35.9. The molecular formula is C17H20N4O6. The van der Waals surface area contributed by atoms with Crippen molar-refractivity contribution in [1.82, 2.24) is 19.5 Å². The molecule has 3 aromatic rings. The number of benzene rings is 1. The minimum atomic E-state index is -1.77. The first-order chi connectivity index (χ1) is 13.8. The van der Waals surface area contributed by atoms with Crippen LogP contribution in [-0.4, -0.2) is 64.9 Å². The molecule has 0 saturated heterocycles. The fourth-order valence-electron chi connectivity index (χ4n) is 2.64. The lowest BCUT2D eigenvalue weighted by molar-refractivity contribution is -0.0811. The SMILES string of the molecule is [2H]Cc1cc2nc3[nH]c(=O)n(C[C@H](O)[C@H](O)[C@H](O)CO)c(=O)c3nc2cc1C[2H]. The van der Waals surface area contributed by atoms with Crippen LogP contribution in [0.25, 0.3) is 22.2 Å². The fourth-order valence-corrected chi connectivity index (χ4v) is 2.64.